The Bertz CT molecular complexity index is 227. The first-order valence-corrected chi connectivity index (χ1v) is 5.75. The maximum Gasteiger partial charge on any atom is 0.223 e. The Kier molecular flexibility index (Phi) is 2.73. The number of hydrogen-bond donors (Lipinski definition) is 1. The van der Waals surface area contributed by atoms with Gasteiger partial charge in [0.1, 0.15) is 6.04 Å². The lowest BCUT2D eigenvalue weighted by Crippen LogP contribution is -2.47. The van der Waals surface area contributed by atoms with E-state index in [1.165, 1.54) is 28.5 Å². The van der Waals surface area contributed by atoms with Crippen LogP contribution in [0.1, 0.15) is 20.8 Å². The predicted molar refractivity (Wildman–Crippen MR) is 51.9 cm³/mol. The molecule has 0 saturated carbocycles. The van der Waals surface area contributed by atoms with Crippen molar-refractivity contribution in [3.05, 3.63) is 0 Å². The van der Waals surface area contributed by atoms with Crippen molar-refractivity contribution in [1.29, 1.82) is 0 Å². The minimum absolute atomic E-state index is 0.0419. The average Bonchev–Trinajstić information content (AvgIpc) is 2.15. The fraction of sp³-hybridized carbons (Fsp3) is 0.714. The van der Waals surface area contributed by atoms with Crippen molar-refractivity contribution >= 4 is 32.6 Å². The van der Waals surface area contributed by atoms with Gasteiger partial charge in [0.05, 0.1) is 0 Å². The molecule has 1 aliphatic heterocycles. The molecule has 0 bridgehead atoms. The first kappa shape index (κ1) is 9.92. The molecule has 12 heavy (non-hydrogen) atoms. The van der Waals surface area contributed by atoms with Gasteiger partial charge in [-0.1, -0.05) is 10.8 Å². The van der Waals surface area contributed by atoms with Gasteiger partial charge in [0.2, 0.25) is 11.0 Å². The van der Waals surface area contributed by atoms with E-state index in [0.29, 0.717) is 0 Å². The number of rotatable bonds is 1. The van der Waals surface area contributed by atoms with Crippen LogP contribution in [0, 0.1) is 0 Å². The molecule has 0 aromatic heterocycles. The molecule has 1 aliphatic rings. The smallest absolute Gasteiger partial charge is 0.223 e. The van der Waals surface area contributed by atoms with Crippen molar-refractivity contribution in [2.75, 3.05) is 0 Å². The third kappa shape index (κ3) is 1.95. The van der Waals surface area contributed by atoms with E-state index in [1.54, 1.807) is 0 Å². The van der Waals surface area contributed by atoms with E-state index >= 15 is 0 Å². The maximum atomic E-state index is 11.3. The van der Waals surface area contributed by atoms with Crippen LogP contribution < -0.4 is 5.32 Å². The average molecular weight is 205 g/mol. The molecule has 68 valence electrons. The zero-order valence-electron chi connectivity index (χ0n) is 7.21. The molecule has 1 N–H and O–H groups in total. The molecule has 5 heteroatoms. The molecule has 1 fully saturated rings. The highest BCUT2D eigenvalue weighted by Gasteiger charge is 2.43. The van der Waals surface area contributed by atoms with Crippen LogP contribution >= 0.6 is 21.6 Å². The summed E-state index contributed by atoms with van der Waals surface area (Å²) >= 11 is 0. The molecule has 1 rings (SSSR count). The maximum absolute atomic E-state index is 11.3. The largest absolute Gasteiger partial charge is 0.344 e. The van der Waals surface area contributed by atoms with E-state index in [2.05, 4.69) is 5.32 Å². The standard InChI is InChI=1S/C7H11NO2S2/c1-4(9)8-5-6(10)11-12-7(5,2)3/h5H,1-3H3,(H,8,9)/t5-/m0/s1. The Morgan fingerprint density at radius 1 is 1.58 bits per heavy atom. The van der Waals surface area contributed by atoms with E-state index in [1.807, 2.05) is 13.8 Å². The van der Waals surface area contributed by atoms with Crippen molar-refractivity contribution < 1.29 is 9.59 Å². The van der Waals surface area contributed by atoms with Crippen LogP contribution in [0.2, 0.25) is 0 Å². The highest BCUT2D eigenvalue weighted by molar-refractivity contribution is 8.83. The summed E-state index contributed by atoms with van der Waals surface area (Å²) in [6.07, 6.45) is 0. The summed E-state index contributed by atoms with van der Waals surface area (Å²) in [5.74, 6) is -0.149. The van der Waals surface area contributed by atoms with Crippen molar-refractivity contribution in [2.24, 2.45) is 0 Å². The molecule has 0 aromatic rings. The topological polar surface area (TPSA) is 46.2 Å². The molecule has 1 amide bonds. The van der Waals surface area contributed by atoms with Gasteiger partial charge in [0, 0.05) is 11.7 Å². The summed E-state index contributed by atoms with van der Waals surface area (Å²) in [5.41, 5.74) is 0. The monoisotopic (exact) mass is 205 g/mol. The van der Waals surface area contributed by atoms with Gasteiger partial charge < -0.3 is 5.32 Å². The summed E-state index contributed by atoms with van der Waals surface area (Å²) in [7, 11) is 2.73. The fourth-order valence-electron chi connectivity index (χ4n) is 0.964. The van der Waals surface area contributed by atoms with Crippen molar-refractivity contribution in [3.8, 4) is 0 Å². The van der Waals surface area contributed by atoms with E-state index in [0.717, 1.165) is 0 Å². The number of nitrogens with one attached hydrogen (secondary N) is 1. The van der Waals surface area contributed by atoms with Gasteiger partial charge in [0.25, 0.3) is 0 Å². The van der Waals surface area contributed by atoms with Crippen molar-refractivity contribution in [2.45, 2.75) is 31.6 Å². The number of carbonyl (C=O) groups is 2. The Balaban J connectivity index is 2.71. The lowest BCUT2D eigenvalue weighted by atomic mass is 10.0. The van der Waals surface area contributed by atoms with Crippen molar-refractivity contribution in [3.63, 3.8) is 0 Å². The van der Waals surface area contributed by atoms with Gasteiger partial charge in [-0.25, -0.2) is 0 Å². The predicted octanol–water partition coefficient (Wildman–Crippen LogP) is 1.19. The minimum atomic E-state index is -0.343. The van der Waals surface area contributed by atoms with Gasteiger partial charge in [-0.15, -0.1) is 0 Å². The van der Waals surface area contributed by atoms with Crippen LogP contribution in [0.4, 0.5) is 0 Å². The zero-order valence-corrected chi connectivity index (χ0v) is 8.84. The van der Waals surface area contributed by atoms with E-state index in [4.69, 9.17) is 0 Å². The van der Waals surface area contributed by atoms with E-state index < -0.39 is 0 Å². The van der Waals surface area contributed by atoms with Crippen LogP contribution in [-0.4, -0.2) is 21.8 Å². The second-order valence-corrected chi connectivity index (χ2v) is 6.01. The lowest BCUT2D eigenvalue weighted by molar-refractivity contribution is -0.123. The summed E-state index contributed by atoms with van der Waals surface area (Å²) in [6.45, 7) is 5.34. The minimum Gasteiger partial charge on any atom is -0.344 e. The third-order valence-corrected chi connectivity index (χ3v) is 4.80. The van der Waals surface area contributed by atoms with Crippen LogP contribution in [0.15, 0.2) is 0 Å². The Morgan fingerprint density at radius 3 is 2.50 bits per heavy atom. The van der Waals surface area contributed by atoms with Crippen LogP contribution in [0.3, 0.4) is 0 Å². The number of amides is 1. The molecule has 0 unspecified atom stereocenters. The molecule has 0 aromatic carbocycles. The molecule has 1 saturated heterocycles. The molecule has 0 spiro atoms. The Labute approximate surface area is 79.4 Å². The lowest BCUT2D eigenvalue weighted by Gasteiger charge is -2.23. The highest BCUT2D eigenvalue weighted by Crippen LogP contribution is 2.47. The molecule has 0 aliphatic carbocycles. The fourth-order valence-corrected chi connectivity index (χ4v) is 3.52. The van der Waals surface area contributed by atoms with Gasteiger partial charge in [-0.05, 0) is 24.6 Å². The van der Waals surface area contributed by atoms with Gasteiger partial charge in [-0.3, -0.25) is 9.59 Å². The summed E-state index contributed by atoms with van der Waals surface area (Å²) in [4.78, 5) is 22.0. The molecule has 0 radical (unpaired) electrons. The summed E-state index contributed by atoms with van der Waals surface area (Å²) in [5, 5.41) is 2.69. The first-order valence-electron chi connectivity index (χ1n) is 3.60. The molecular formula is C7H11NO2S2. The van der Waals surface area contributed by atoms with Crippen LogP contribution in [-0.2, 0) is 9.59 Å². The SMILES string of the molecule is CC(=O)N[C@H]1C(=O)SSC1(C)C. The second kappa shape index (κ2) is 3.30. The normalized spacial score (nSPS) is 27.2. The van der Waals surface area contributed by atoms with E-state index in [9.17, 15) is 9.59 Å². The number of hydrogen-bond acceptors (Lipinski definition) is 4. The third-order valence-electron chi connectivity index (χ3n) is 1.62. The first-order chi connectivity index (χ1) is 5.43. The Morgan fingerprint density at radius 2 is 2.17 bits per heavy atom. The van der Waals surface area contributed by atoms with Gasteiger partial charge >= 0.3 is 0 Å². The quantitative estimate of drug-likeness (QED) is 0.653. The molecule has 1 heterocycles. The zero-order chi connectivity index (χ0) is 9.35. The second-order valence-electron chi connectivity index (χ2n) is 3.22. The molecule has 3 nitrogen and oxygen atoms in total. The van der Waals surface area contributed by atoms with Crippen molar-refractivity contribution in [1.82, 2.24) is 5.32 Å². The molecular weight excluding hydrogens is 194 g/mol. The Hall–Kier alpha value is -0.160. The summed E-state index contributed by atoms with van der Waals surface area (Å²) < 4.78 is -0.187. The van der Waals surface area contributed by atoms with Gasteiger partial charge in [-0.2, -0.15) is 0 Å². The van der Waals surface area contributed by atoms with Gasteiger partial charge in [0.15, 0.2) is 0 Å². The molecule has 1 atom stereocenters. The number of carbonyl (C=O) groups excluding carboxylic acids is 2. The highest BCUT2D eigenvalue weighted by atomic mass is 33.1. The van der Waals surface area contributed by atoms with E-state index in [-0.39, 0.29) is 21.8 Å². The summed E-state index contributed by atoms with van der Waals surface area (Å²) in [6, 6.07) is -0.343. The van der Waals surface area contributed by atoms with Crippen LogP contribution in [0.25, 0.3) is 0 Å². The van der Waals surface area contributed by atoms with Crippen LogP contribution in [0.5, 0.6) is 0 Å².